The van der Waals surface area contributed by atoms with E-state index in [9.17, 15) is 4.57 Å². The monoisotopic (exact) mass is 1070 g/mol. The zero-order valence-electron chi connectivity index (χ0n) is 48.3. The predicted molar refractivity (Wildman–Crippen MR) is 312 cm³/mol. The quantitative estimate of drug-likeness (QED) is 0.0375. The first kappa shape index (κ1) is 67.0. The molecule has 0 amide bonds. The van der Waals surface area contributed by atoms with Crippen LogP contribution in [0.1, 0.15) is 225 Å². The summed E-state index contributed by atoms with van der Waals surface area (Å²) in [5.41, 5.74) is 5.21. The molecule has 0 bridgehead atoms. The minimum atomic E-state index is -4.42. The Labute approximate surface area is 463 Å². The summed E-state index contributed by atoms with van der Waals surface area (Å²) in [6.45, 7) is 27.9. The van der Waals surface area contributed by atoms with Crippen molar-refractivity contribution in [3.63, 3.8) is 0 Å². The molecule has 0 aromatic carbocycles. The molecule has 6 fully saturated rings. The summed E-state index contributed by atoms with van der Waals surface area (Å²) in [6, 6.07) is 0. The molecule has 0 spiro atoms. The molecule has 8 rings (SSSR count). The smallest absolute Gasteiger partial charge is 0.394 e. The lowest BCUT2D eigenvalue weighted by molar-refractivity contribution is -0.0683. The zero-order chi connectivity index (χ0) is 51.9. The Bertz CT molecular complexity index is 1800. The molecule has 9 nitrogen and oxygen atoms in total. The van der Waals surface area contributed by atoms with Crippen molar-refractivity contribution in [3.05, 3.63) is 23.3 Å². The molecule has 8 aliphatic carbocycles. The number of phosphoric acid groups is 1. The number of allylic oxidation sites excluding steroid dienone is 2. The Kier molecular flexibility index (Phi) is 26.3. The summed E-state index contributed by atoms with van der Waals surface area (Å²) in [5.74, 6) is 10.6. The van der Waals surface area contributed by atoms with Gasteiger partial charge < -0.3 is 33.8 Å². The van der Waals surface area contributed by atoms with Crippen molar-refractivity contribution < 1.29 is 42.9 Å². The molecule has 3 N–H and O–H groups in total. The van der Waals surface area contributed by atoms with Crippen LogP contribution in [0.15, 0.2) is 23.3 Å². The van der Waals surface area contributed by atoms with E-state index in [0.29, 0.717) is 60.8 Å². The highest BCUT2D eigenvalue weighted by atomic mass is 31.2. The lowest BCUT2D eigenvalue weighted by atomic mass is 9.47. The highest BCUT2D eigenvalue weighted by Gasteiger charge is 2.61. The summed E-state index contributed by atoms with van der Waals surface area (Å²) in [7, 11) is -4.42. The van der Waals surface area contributed by atoms with Gasteiger partial charge in [0.15, 0.2) is 0 Å². The maximum absolute atomic E-state index is 10.7. The number of hydrogen-bond donors (Lipinski definition) is 3. The summed E-state index contributed by atoms with van der Waals surface area (Å²) in [4.78, 5) is 17.4. The van der Waals surface area contributed by atoms with Gasteiger partial charge in [0.05, 0.1) is 65.1 Å². The average Bonchev–Trinajstić information content (AvgIpc) is 3.88. The average molecular weight is 1070 g/mol. The molecule has 11 heteroatoms. The van der Waals surface area contributed by atoms with Crippen LogP contribution in [0.2, 0.25) is 0 Å². The number of hydrogen-bond acceptors (Lipinski definition) is 7. The van der Waals surface area contributed by atoms with Crippen molar-refractivity contribution >= 4 is 16.2 Å². The van der Waals surface area contributed by atoms with Crippen LogP contribution >= 0.6 is 7.82 Å². The van der Waals surface area contributed by atoms with Crippen LogP contribution in [0, 0.1) is 92.7 Å². The lowest BCUT2D eigenvalue weighted by Gasteiger charge is -2.58. The van der Waals surface area contributed by atoms with Crippen LogP contribution in [-0.2, 0) is 28.0 Å². The maximum Gasteiger partial charge on any atom is 0.469 e. The number of aliphatic hydroxyl groups excluding tert-OH is 1. The van der Waals surface area contributed by atoms with E-state index in [2.05, 4.69) is 85.9 Å². The van der Waals surface area contributed by atoms with Crippen LogP contribution in [0.25, 0.3) is 0 Å². The van der Waals surface area contributed by atoms with Gasteiger partial charge >= 0.3 is 7.82 Å². The first-order chi connectivity index (χ1) is 34.2. The fourth-order valence-electron chi connectivity index (χ4n) is 18.6. The Morgan fingerprint density at radius 1 is 0.547 bits per heavy atom. The minimum Gasteiger partial charge on any atom is -0.394 e. The summed E-state index contributed by atoms with van der Waals surface area (Å²) < 4.78 is 38.3. The fourth-order valence-corrected chi connectivity index (χ4v) is 18.9. The highest BCUT2D eigenvalue weighted by molar-refractivity contribution is 7.46. The van der Waals surface area contributed by atoms with E-state index in [1.165, 1.54) is 122 Å². The molecular formula is C64H117BO9P. The first-order valence-corrected chi connectivity index (χ1v) is 31.8. The van der Waals surface area contributed by atoms with Crippen molar-refractivity contribution in [3.8, 4) is 0 Å². The van der Waals surface area contributed by atoms with E-state index in [0.717, 1.165) is 90.3 Å². The number of ether oxygens (including phenoxy) is 4. The molecule has 0 aromatic heterocycles. The predicted octanol–water partition coefficient (Wildman–Crippen LogP) is 15.9. The molecule has 0 heterocycles. The summed E-state index contributed by atoms with van der Waals surface area (Å²) >= 11 is 0. The number of aliphatic hydroxyl groups is 1. The third kappa shape index (κ3) is 15.9. The lowest BCUT2D eigenvalue weighted by Crippen LogP contribution is -2.51. The maximum atomic E-state index is 10.7. The molecule has 3 radical (unpaired) electrons. The second kappa shape index (κ2) is 29.4. The third-order valence-electron chi connectivity index (χ3n) is 22.4. The van der Waals surface area contributed by atoms with E-state index in [1.54, 1.807) is 11.1 Å². The SMILES string of the molecule is C.C.CC(C)CCC[C@@H](C)[C@H]1CC[C@H]2[C@@H]3CC=C4C[C@@H](OCCOCCO)CC[C@]4(C)[C@H]3CC[C@]12C.CC(C)CCC[C@@H](C)[C@H]1CC[C@H]2[C@@H]3CC=C4C[C@@H](OCCOCCOP(=O)(O)O)CC[C@]4(C)[C@H]3CC[C@]12C.[B]. The largest absolute Gasteiger partial charge is 0.469 e. The molecule has 435 valence electrons. The van der Waals surface area contributed by atoms with Crippen LogP contribution < -0.4 is 0 Å². The first-order valence-electron chi connectivity index (χ1n) is 30.3. The summed E-state index contributed by atoms with van der Waals surface area (Å²) in [6.07, 6.45) is 35.5. The van der Waals surface area contributed by atoms with E-state index in [4.69, 9.17) is 33.8 Å². The van der Waals surface area contributed by atoms with Crippen LogP contribution in [0.5, 0.6) is 0 Å². The molecule has 6 saturated carbocycles. The molecule has 0 aliphatic heterocycles. The molecule has 0 aromatic rings. The number of phosphoric ester groups is 1. The van der Waals surface area contributed by atoms with Crippen molar-refractivity contribution in [2.45, 2.75) is 238 Å². The Hall–Kier alpha value is -0.545. The van der Waals surface area contributed by atoms with Crippen LogP contribution in [-0.4, -0.2) is 88.4 Å². The van der Waals surface area contributed by atoms with Gasteiger partial charge in [0.1, 0.15) is 0 Å². The zero-order valence-corrected chi connectivity index (χ0v) is 49.2. The van der Waals surface area contributed by atoms with Crippen molar-refractivity contribution in [2.75, 3.05) is 52.9 Å². The van der Waals surface area contributed by atoms with Gasteiger partial charge in [0.2, 0.25) is 0 Å². The minimum absolute atomic E-state index is 0. The van der Waals surface area contributed by atoms with Gasteiger partial charge in [-0.3, -0.25) is 4.52 Å². The second-order valence-electron chi connectivity index (χ2n) is 27.3. The van der Waals surface area contributed by atoms with E-state index >= 15 is 0 Å². The highest BCUT2D eigenvalue weighted by Crippen LogP contribution is 2.69. The molecule has 8 aliphatic rings. The fraction of sp³-hybridized carbons (Fsp3) is 0.938. The van der Waals surface area contributed by atoms with Crippen molar-refractivity contribution in [2.24, 2.45) is 92.7 Å². The Morgan fingerprint density at radius 3 is 1.36 bits per heavy atom. The summed E-state index contributed by atoms with van der Waals surface area (Å²) in [5, 5.41) is 8.86. The van der Waals surface area contributed by atoms with E-state index in [1.807, 2.05) is 0 Å². The van der Waals surface area contributed by atoms with Crippen molar-refractivity contribution in [1.29, 1.82) is 0 Å². The van der Waals surface area contributed by atoms with Gasteiger partial charge in [-0.2, -0.15) is 0 Å². The number of rotatable bonds is 24. The van der Waals surface area contributed by atoms with Gasteiger partial charge in [0.25, 0.3) is 0 Å². The van der Waals surface area contributed by atoms with Crippen LogP contribution in [0.4, 0.5) is 0 Å². The Balaban J connectivity index is 0.000000314. The second-order valence-corrected chi connectivity index (χ2v) is 28.6. The van der Waals surface area contributed by atoms with Gasteiger partial charge in [-0.1, -0.05) is 146 Å². The molecular weight excluding hydrogens is 954 g/mol. The topological polar surface area (TPSA) is 124 Å². The molecule has 16 atom stereocenters. The van der Waals surface area contributed by atoms with E-state index < -0.39 is 7.82 Å². The van der Waals surface area contributed by atoms with Crippen LogP contribution in [0.3, 0.4) is 0 Å². The molecule has 75 heavy (non-hydrogen) atoms. The normalized spacial score (nSPS) is 37.5. The Morgan fingerprint density at radius 2 is 0.960 bits per heavy atom. The van der Waals surface area contributed by atoms with Gasteiger partial charge in [-0.15, -0.1) is 0 Å². The van der Waals surface area contributed by atoms with Gasteiger partial charge in [-0.05, 0) is 195 Å². The third-order valence-corrected chi connectivity index (χ3v) is 22.9. The van der Waals surface area contributed by atoms with Gasteiger partial charge in [-0.25, -0.2) is 4.57 Å². The van der Waals surface area contributed by atoms with Crippen molar-refractivity contribution in [1.82, 2.24) is 0 Å². The van der Waals surface area contributed by atoms with Gasteiger partial charge in [0, 0.05) is 8.41 Å². The molecule has 0 saturated heterocycles. The van der Waals surface area contributed by atoms with E-state index in [-0.39, 0.29) is 49.2 Å². The standard InChI is InChI=1S/C31H55O6P.C31H54O3.2CH4.B/c1-22(2)7-6-8-23(3)27-11-12-28-26-10-9-24-21-25(36-19-17-35-18-20-37-38(32,33)34)13-15-30(24,4)29(26)14-16-31(27,28)5;1-22(2)7-6-8-23(3)27-11-12-28-26-10-9-24-21-25(34-20-19-33-18-17-32)13-15-30(24,4)29(26)14-16-31(27,28)5;;;/h9,22-23,25-29H,6-8,10-21H2,1-5H3,(H2,32,33,34);9,22-23,25-29,32H,6-8,10-21H2,1-5H3;2*1H4;/t2*23-,25+,26+,27-,28+,29+,30+,31-;;;/m11.../s1. The number of fused-ring (bicyclic) bond motifs is 10. The molecule has 0 unspecified atom stereocenters.